The molecule has 1 aromatic carbocycles. The largest absolute Gasteiger partial charge is 0.508 e. The minimum Gasteiger partial charge on any atom is -0.508 e. The summed E-state index contributed by atoms with van der Waals surface area (Å²) in [5.41, 5.74) is 0.958. The van der Waals surface area contributed by atoms with E-state index in [2.05, 4.69) is 0 Å². The zero-order valence-corrected chi connectivity index (χ0v) is 11.0. The lowest BCUT2D eigenvalue weighted by Crippen LogP contribution is -2.58. The van der Waals surface area contributed by atoms with Gasteiger partial charge < -0.3 is 30.3 Å². The van der Waals surface area contributed by atoms with Gasteiger partial charge in [0.25, 0.3) is 0 Å². The Labute approximate surface area is 116 Å². The van der Waals surface area contributed by atoms with Gasteiger partial charge in [0.05, 0.1) is 12.7 Å². The van der Waals surface area contributed by atoms with Crippen LogP contribution in [0, 0.1) is 0 Å². The lowest BCUT2D eigenvalue weighted by Gasteiger charge is -2.40. The number of aryl methyl sites for hydroxylation is 1. The number of aliphatic hydroxyl groups is 4. The molecule has 0 saturated carbocycles. The number of benzene rings is 1. The van der Waals surface area contributed by atoms with Crippen LogP contribution in [0.15, 0.2) is 24.3 Å². The molecule has 112 valence electrons. The van der Waals surface area contributed by atoms with Crippen LogP contribution in [0.4, 0.5) is 0 Å². The summed E-state index contributed by atoms with van der Waals surface area (Å²) < 4.78 is 5.42. The molecule has 0 aliphatic carbocycles. The van der Waals surface area contributed by atoms with Gasteiger partial charge in [-0.1, -0.05) is 12.1 Å². The summed E-state index contributed by atoms with van der Waals surface area (Å²) in [4.78, 5) is 0. The normalized spacial score (nSPS) is 34.1. The highest BCUT2D eigenvalue weighted by molar-refractivity contribution is 5.26. The quantitative estimate of drug-likeness (QED) is 0.493. The molecule has 1 aliphatic rings. The average molecular weight is 284 g/mol. The summed E-state index contributed by atoms with van der Waals surface area (Å²) in [5.74, 6) is 0.182. The zero-order chi connectivity index (χ0) is 14.7. The molecule has 2 rings (SSSR count). The third-order valence-electron chi connectivity index (χ3n) is 3.65. The Kier molecular flexibility index (Phi) is 4.95. The number of hydrogen-bond donors (Lipinski definition) is 5. The molecule has 1 heterocycles. The van der Waals surface area contributed by atoms with Gasteiger partial charge in [-0.2, -0.15) is 0 Å². The van der Waals surface area contributed by atoms with Gasteiger partial charge in [-0.15, -0.1) is 0 Å². The van der Waals surface area contributed by atoms with E-state index < -0.39 is 37.1 Å². The van der Waals surface area contributed by atoms with Crippen LogP contribution in [0.3, 0.4) is 0 Å². The molecule has 20 heavy (non-hydrogen) atoms. The molecule has 6 heteroatoms. The highest BCUT2D eigenvalue weighted by atomic mass is 16.5. The minimum atomic E-state index is -1.33. The SMILES string of the molecule is OCC1OC(CCc2ccc(O)cc2)C(O)C(O)C1O. The molecule has 5 atom stereocenters. The van der Waals surface area contributed by atoms with Crippen molar-refractivity contribution < 1.29 is 30.3 Å². The van der Waals surface area contributed by atoms with Crippen LogP contribution >= 0.6 is 0 Å². The number of hydrogen-bond acceptors (Lipinski definition) is 6. The van der Waals surface area contributed by atoms with Crippen molar-refractivity contribution >= 4 is 0 Å². The third-order valence-corrected chi connectivity index (χ3v) is 3.65. The van der Waals surface area contributed by atoms with E-state index in [1.165, 1.54) is 0 Å². The molecule has 0 aromatic heterocycles. The maximum Gasteiger partial charge on any atom is 0.115 e. The summed E-state index contributed by atoms with van der Waals surface area (Å²) in [6.45, 7) is -0.416. The second-order valence-electron chi connectivity index (χ2n) is 5.07. The first kappa shape index (κ1) is 15.2. The number of ether oxygens (including phenoxy) is 1. The van der Waals surface area contributed by atoms with Gasteiger partial charge >= 0.3 is 0 Å². The van der Waals surface area contributed by atoms with Crippen LogP contribution in [-0.4, -0.2) is 62.7 Å². The molecule has 6 nitrogen and oxygen atoms in total. The fraction of sp³-hybridized carbons (Fsp3) is 0.571. The van der Waals surface area contributed by atoms with E-state index in [4.69, 9.17) is 9.84 Å². The first-order valence-corrected chi connectivity index (χ1v) is 6.61. The van der Waals surface area contributed by atoms with E-state index in [0.29, 0.717) is 12.8 Å². The van der Waals surface area contributed by atoms with E-state index in [9.17, 15) is 20.4 Å². The second kappa shape index (κ2) is 6.51. The molecule has 1 fully saturated rings. The summed E-state index contributed by atoms with van der Waals surface area (Å²) in [5, 5.41) is 47.5. The first-order valence-electron chi connectivity index (χ1n) is 6.61. The standard InChI is InChI=1S/C14H20O6/c15-7-11-13(18)14(19)12(17)10(20-11)6-3-8-1-4-9(16)5-2-8/h1-2,4-5,10-19H,3,6-7H2. The fourth-order valence-electron chi connectivity index (χ4n) is 2.39. The number of phenolic OH excluding ortho intramolecular Hbond substituents is 1. The monoisotopic (exact) mass is 284 g/mol. The van der Waals surface area contributed by atoms with Gasteiger partial charge in [0.15, 0.2) is 0 Å². The predicted octanol–water partition coefficient (Wildman–Crippen LogP) is -0.833. The number of rotatable bonds is 4. The molecule has 0 spiro atoms. The van der Waals surface area contributed by atoms with Crippen LogP contribution in [0.5, 0.6) is 5.75 Å². The highest BCUT2D eigenvalue weighted by Gasteiger charge is 2.42. The van der Waals surface area contributed by atoms with E-state index in [-0.39, 0.29) is 5.75 Å². The van der Waals surface area contributed by atoms with Gasteiger partial charge in [-0.05, 0) is 30.5 Å². The lowest BCUT2D eigenvalue weighted by atomic mass is 9.92. The maximum atomic E-state index is 9.89. The van der Waals surface area contributed by atoms with Gasteiger partial charge in [0.1, 0.15) is 30.2 Å². The first-order chi connectivity index (χ1) is 9.52. The van der Waals surface area contributed by atoms with Gasteiger partial charge in [0.2, 0.25) is 0 Å². The van der Waals surface area contributed by atoms with Crippen LogP contribution in [-0.2, 0) is 11.2 Å². The van der Waals surface area contributed by atoms with Gasteiger partial charge in [-0.25, -0.2) is 0 Å². The molecule has 1 aliphatic heterocycles. The molecular formula is C14H20O6. The Hall–Kier alpha value is -1.18. The van der Waals surface area contributed by atoms with Crippen LogP contribution in [0.25, 0.3) is 0 Å². The summed E-state index contributed by atoms with van der Waals surface area (Å²) in [6.07, 6.45) is -4.33. The van der Waals surface area contributed by atoms with Crippen LogP contribution in [0.1, 0.15) is 12.0 Å². The third kappa shape index (κ3) is 3.28. The predicted molar refractivity (Wildman–Crippen MR) is 70.2 cm³/mol. The topological polar surface area (TPSA) is 110 Å². The van der Waals surface area contributed by atoms with Crippen molar-refractivity contribution in [2.75, 3.05) is 6.61 Å². The lowest BCUT2D eigenvalue weighted by molar-refractivity contribution is -0.230. The molecule has 0 bridgehead atoms. The summed E-state index contributed by atoms with van der Waals surface area (Å²) in [6, 6.07) is 6.67. The Bertz CT molecular complexity index is 418. The average Bonchev–Trinajstić information content (AvgIpc) is 2.46. The van der Waals surface area contributed by atoms with E-state index in [1.54, 1.807) is 24.3 Å². The highest BCUT2D eigenvalue weighted by Crippen LogP contribution is 2.24. The number of phenols is 1. The summed E-state index contributed by atoms with van der Waals surface area (Å²) >= 11 is 0. The van der Waals surface area contributed by atoms with Crippen LogP contribution < -0.4 is 0 Å². The van der Waals surface area contributed by atoms with Crippen molar-refractivity contribution in [3.63, 3.8) is 0 Å². The van der Waals surface area contributed by atoms with Gasteiger partial charge in [0, 0.05) is 0 Å². The molecule has 5 N–H and O–H groups in total. The summed E-state index contributed by atoms with van der Waals surface area (Å²) in [7, 11) is 0. The molecule has 0 radical (unpaired) electrons. The maximum absolute atomic E-state index is 9.89. The minimum absolute atomic E-state index is 0.182. The Morgan fingerprint density at radius 2 is 1.50 bits per heavy atom. The van der Waals surface area contributed by atoms with Crippen molar-refractivity contribution in [3.05, 3.63) is 29.8 Å². The number of aromatic hydroxyl groups is 1. The molecule has 1 aromatic rings. The fourth-order valence-corrected chi connectivity index (χ4v) is 2.39. The zero-order valence-electron chi connectivity index (χ0n) is 11.0. The van der Waals surface area contributed by atoms with Crippen molar-refractivity contribution in [2.24, 2.45) is 0 Å². The van der Waals surface area contributed by atoms with Crippen molar-refractivity contribution in [2.45, 2.75) is 43.4 Å². The molecule has 0 amide bonds. The molecule has 1 saturated heterocycles. The van der Waals surface area contributed by atoms with E-state index >= 15 is 0 Å². The molecular weight excluding hydrogens is 264 g/mol. The number of aliphatic hydroxyl groups excluding tert-OH is 4. The van der Waals surface area contributed by atoms with E-state index in [1.807, 2.05) is 0 Å². The van der Waals surface area contributed by atoms with Crippen molar-refractivity contribution in [1.29, 1.82) is 0 Å². The molecule has 5 unspecified atom stereocenters. The van der Waals surface area contributed by atoms with Crippen molar-refractivity contribution in [3.8, 4) is 5.75 Å². The smallest absolute Gasteiger partial charge is 0.115 e. The van der Waals surface area contributed by atoms with Crippen LogP contribution in [0.2, 0.25) is 0 Å². The van der Waals surface area contributed by atoms with E-state index in [0.717, 1.165) is 5.56 Å². The van der Waals surface area contributed by atoms with Gasteiger partial charge in [-0.3, -0.25) is 0 Å². The Morgan fingerprint density at radius 1 is 0.900 bits per heavy atom. The Morgan fingerprint density at radius 3 is 2.10 bits per heavy atom. The van der Waals surface area contributed by atoms with Crippen molar-refractivity contribution in [1.82, 2.24) is 0 Å². The Balaban J connectivity index is 1.95. The second-order valence-corrected chi connectivity index (χ2v) is 5.07.